The third-order valence-corrected chi connectivity index (χ3v) is 5.30. The molecule has 0 saturated carbocycles. The third-order valence-electron chi connectivity index (χ3n) is 3.64. The highest BCUT2D eigenvalue weighted by Crippen LogP contribution is 2.13. The fourth-order valence-corrected chi connectivity index (χ4v) is 3.45. The summed E-state index contributed by atoms with van der Waals surface area (Å²) >= 11 is 0. The molecule has 3 rings (SSSR count). The van der Waals surface area contributed by atoms with Gasteiger partial charge in [0, 0.05) is 29.1 Å². The molecule has 134 valence electrons. The van der Waals surface area contributed by atoms with Crippen molar-refractivity contribution in [2.24, 2.45) is 4.36 Å². The van der Waals surface area contributed by atoms with Crippen molar-refractivity contribution in [2.75, 3.05) is 6.26 Å². The van der Waals surface area contributed by atoms with Crippen molar-refractivity contribution in [1.29, 1.82) is 0 Å². The first-order valence-electron chi connectivity index (χ1n) is 7.99. The Morgan fingerprint density at radius 3 is 2.48 bits per heavy atom. The lowest BCUT2D eigenvalue weighted by Crippen LogP contribution is -2.04. The summed E-state index contributed by atoms with van der Waals surface area (Å²) in [5.74, 6) is 4.41. The second kappa shape index (κ2) is 7.94. The van der Waals surface area contributed by atoms with Crippen LogP contribution in [0.1, 0.15) is 21.5 Å². The molecule has 2 aromatic carbocycles. The topological polar surface area (TPSA) is 59.4 Å². The molecule has 0 N–H and O–H groups in total. The van der Waals surface area contributed by atoms with Gasteiger partial charge in [0.15, 0.2) is 0 Å². The highest BCUT2D eigenvalue weighted by Gasteiger charge is 2.11. The van der Waals surface area contributed by atoms with E-state index in [9.17, 15) is 13.4 Å². The summed E-state index contributed by atoms with van der Waals surface area (Å²) in [7, 11) is -2.87. The molecule has 0 aliphatic carbocycles. The standard InChI is InChI=1S/C21H15FN2O2S/c1-27(26,19-8-3-2-4-9-19)24-21(25)18-13-16(14-23-15-18)11-12-17-7-5-6-10-20(17)22/h2-10,13-15H,1H3/t27-/m0/s1. The first-order valence-corrected chi connectivity index (χ1v) is 9.91. The lowest BCUT2D eigenvalue weighted by molar-refractivity contribution is 0.100. The minimum Gasteiger partial charge on any atom is -0.266 e. The van der Waals surface area contributed by atoms with E-state index in [2.05, 4.69) is 21.2 Å². The predicted octanol–water partition coefficient (Wildman–Crippen LogP) is 3.92. The summed E-state index contributed by atoms with van der Waals surface area (Å²) in [4.78, 5) is 16.9. The average molecular weight is 378 g/mol. The minimum absolute atomic E-state index is 0.167. The molecule has 1 amide bonds. The Hall–Kier alpha value is -3.30. The number of amides is 1. The van der Waals surface area contributed by atoms with Crippen LogP contribution in [-0.2, 0) is 9.73 Å². The monoisotopic (exact) mass is 378 g/mol. The number of halogens is 1. The Morgan fingerprint density at radius 2 is 1.74 bits per heavy atom. The molecule has 0 aliphatic heterocycles. The highest BCUT2D eigenvalue weighted by atomic mass is 32.2. The molecular formula is C21H15FN2O2S. The van der Waals surface area contributed by atoms with Gasteiger partial charge in [-0.2, -0.15) is 4.36 Å². The predicted molar refractivity (Wildman–Crippen MR) is 102 cm³/mol. The molecule has 6 heteroatoms. The molecule has 4 nitrogen and oxygen atoms in total. The zero-order valence-electron chi connectivity index (χ0n) is 14.4. The van der Waals surface area contributed by atoms with Gasteiger partial charge in [-0.3, -0.25) is 9.78 Å². The van der Waals surface area contributed by atoms with Crippen LogP contribution >= 0.6 is 0 Å². The number of pyridine rings is 1. The van der Waals surface area contributed by atoms with Gasteiger partial charge < -0.3 is 0 Å². The van der Waals surface area contributed by atoms with Crippen molar-refractivity contribution in [2.45, 2.75) is 4.90 Å². The van der Waals surface area contributed by atoms with E-state index in [4.69, 9.17) is 0 Å². The zero-order chi connectivity index (χ0) is 19.3. The van der Waals surface area contributed by atoms with E-state index in [0.717, 1.165) is 0 Å². The molecule has 0 aliphatic rings. The summed E-state index contributed by atoms with van der Waals surface area (Å²) < 4.78 is 30.2. The first kappa shape index (κ1) is 18.5. The van der Waals surface area contributed by atoms with Crippen LogP contribution in [0.3, 0.4) is 0 Å². The molecule has 3 aromatic rings. The van der Waals surface area contributed by atoms with E-state index in [1.165, 1.54) is 30.8 Å². The Morgan fingerprint density at radius 1 is 1.04 bits per heavy atom. The molecular weight excluding hydrogens is 363 g/mol. The van der Waals surface area contributed by atoms with Gasteiger partial charge in [-0.15, -0.1) is 0 Å². The van der Waals surface area contributed by atoms with Crippen LogP contribution in [0.4, 0.5) is 4.39 Å². The number of aromatic nitrogens is 1. The maximum absolute atomic E-state index is 13.6. The van der Waals surface area contributed by atoms with Gasteiger partial charge in [0.05, 0.1) is 20.9 Å². The van der Waals surface area contributed by atoms with Crippen LogP contribution in [0.2, 0.25) is 0 Å². The Labute approximate surface area is 157 Å². The second-order valence-corrected chi connectivity index (χ2v) is 7.96. The van der Waals surface area contributed by atoms with Gasteiger partial charge in [-0.05, 0) is 30.3 Å². The number of hydrogen-bond acceptors (Lipinski definition) is 3. The Bertz CT molecular complexity index is 1170. The summed E-state index contributed by atoms with van der Waals surface area (Å²) in [5.41, 5.74) is 0.849. The molecule has 1 atom stereocenters. The van der Waals surface area contributed by atoms with Crippen molar-refractivity contribution in [3.05, 3.63) is 95.6 Å². The number of nitrogens with zero attached hydrogens (tertiary/aromatic N) is 2. The van der Waals surface area contributed by atoms with Crippen LogP contribution in [0.5, 0.6) is 0 Å². The SMILES string of the molecule is C[S@@](=O)(=NC(=O)c1cncc(C#Cc2ccccc2F)c1)c1ccccc1. The van der Waals surface area contributed by atoms with Gasteiger partial charge in [-0.25, -0.2) is 8.60 Å². The normalized spacial score (nSPS) is 12.4. The number of hydrogen-bond donors (Lipinski definition) is 0. The van der Waals surface area contributed by atoms with Crippen LogP contribution < -0.4 is 0 Å². The lowest BCUT2D eigenvalue weighted by atomic mass is 10.1. The van der Waals surface area contributed by atoms with Crippen LogP contribution in [0.25, 0.3) is 0 Å². The molecule has 0 spiro atoms. The van der Waals surface area contributed by atoms with Gasteiger partial charge >= 0.3 is 0 Å². The van der Waals surface area contributed by atoms with Gasteiger partial charge in [0.25, 0.3) is 5.91 Å². The number of benzene rings is 2. The summed E-state index contributed by atoms with van der Waals surface area (Å²) in [5, 5.41) is 0. The minimum atomic E-state index is -2.87. The van der Waals surface area contributed by atoms with Crippen LogP contribution in [0, 0.1) is 17.7 Å². The largest absolute Gasteiger partial charge is 0.286 e. The second-order valence-electron chi connectivity index (χ2n) is 5.70. The number of rotatable bonds is 2. The zero-order valence-corrected chi connectivity index (χ0v) is 15.2. The van der Waals surface area contributed by atoms with E-state index in [0.29, 0.717) is 10.5 Å². The molecule has 0 saturated heterocycles. The molecule has 0 bridgehead atoms. The molecule has 1 aromatic heterocycles. The average Bonchev–Trinajstić information content (AvgIpc) is 2.68. The van der Waals surface area contributed by atoms with Gasteiger partial charge in [0.1, 0.15) is 5.82 Å². The summed E-state index contributed by atoms with van der Waals surface area (Å²) in [6.45, 7) is 0. The Balaban J connectivity index is 1.90. The smallest absolute Gasteiger partial charge is 0.266 e. The van der Waals surface area contributed by atoms with Crippen molar-refractivity contribution < 1.29 is 13.4 Å². The van der Waals surface area contributed by atoms with E-state index in [1.807, 2.05) is 0 Å². The number of carbonyl (C=O) groups excluding carboxylic acids is 1. The van der Waals surface area contributed by atoms with Crippen LogP contribution in [-0.4, -0.2) is 21.4 Å². The molecule has 27 heavy (non-hydrogen) atoms. The summed E-state index contributed by atoms with van der Waals surface area (Å²) in [6, 6.07) is 16.2. The van der Waals surface area contributed by atoms with E-state index >= 15 is 0 Å². The van der Waals surface area contributed by atoms with Crippen molar-refractivity contribution in [1.82, 2.24) is 4.98 Å². The van der Waals surface area contributed by atoms with E-state index < -0.39 is 21.5 Å². The molecule has 0 unspecified atom stereocenters. The van der Waals surface area contributed by atoms with Gasteiger partial charge in [-0.1, -0.05) is 42.2 Å². The maximum atomic E-state index is 13.6. The Kier molecular flexibility index (Phi) is 5.43. The molecule has 0 radical (unpaired) electrons. The maximum Gasteiger partial charge on any atom is 0.286 e. The fraction of sp³-hybridized carbons (Fsp3) is 0.0476. The lowest BCUT2D eigenvalue weighted by Gasteiger charge is -2.03. The molecule has 0 fully saturated rings. The van der Waals surface area contributed by atoms with Gasteiger partial charge in [0.2, 0.25) is 0 Å². The van der Waals surface area contributed by atoms with E-state index in [1.54, 1.807) is 48.5 Å². The summed E-state index contributed by atoms with van der Waals surface area (Å²) in [6.07, 6.45) is 4.21. The number of carbonyl (C=O) groups is 1. The molecule has 1 heterocycles. The van der Waals surface area contributed by atoms with Crippen molar-refractivity contribution in [3.63, 3.8) is 0 Å². The van der Waals surface area contributed by atoms with Crippen molar-refractivity contribution >= 4 is 15.6 Å². The third kappa shape index (κ3) is 4.66. The first-order chi connectivity index (χ1) is 13.0. The highest BCUT2D eigenvalue weighted by molar-refractivity contribution is 7.93. The van der Waals surface area contributed by atoms with E-state index in [-0.39, 0.29) is 11.1 Å². The van der Waals surface area contributed by atoms with Crippen LogP contribution in [0.15, 0.2) is 82.3 Å². The quantitative estimate of drug-likeness (QED) is 0.635. The fourth-order valence-electron chi connectivity index (χ4n) is 2.26. The van der Waals surface area contributed by atoms with Crippen molar-refractivity contribution in [3.8, 4) is 11.8 Å².